The maximum absolute atomic E-state index is 11.7. The highest BCUT2D eigenvalue weighted by atomic mass is 16.6. The number of hydrogen-bond donors (Lipinski definition) is 3. The molecule has 1 aromatic rings. The summed E-state index contributed by atoms with van der Waals surface area (Å²) in [6, 6.07) is 4.75. The predicted octanol–water partition coefficient (Wildman–Crippen LogP) is 1.69. The Balaban J connectivity index is 1.81. The van der Waals surface area contributed by atoms with E-state index in [4.69, 9.17) is 14.6 Å². The summed E-state index contributed by atoms with van der Waals surface area (Å²) in [5.41, 5.74) is 0.586. The van der Waals surface area contributed by atoms with Crippen LogP contribution in [0.1, 0.15) is 13.3 Å². The lowest BCUT2D eigenvalue weighted by Gasteiger charge is -2.19. The summed E-state index contributed by atoms with van der Waals surface area (Å²) in [5, 5.41) is 14.0. The number of hydrogen-bond acceptors (Lipinski definition) is 4. The number of urea groups is 1. The van der Waals surface area contributed by atoms with Gasteiger partial charge in [0.25, 0.3) is 0 Å². The number of carboxylic acids is 1. The number of amides is 2. The van der Waals surface area contributed by atoms with Crippen molar-refractivity contribution in [2.24, 2.45) is 5.92 Å². The van der Waals surface area contributed by atoms with Crippen molar-refractivity contribution in [2.45, 2.75) is 13.3 Å². The van der Waals surface area contributed by atoms with Crippen molar-refractivity contribution in [3.05, 3.63) is 18.2 Å². The molecule has 3 N–H and O–H groups in total. The first kappa shape index (κ1) is 15.0. The summed E-state index contributed by atoms with van der Waals surface area (Å²) < 4.78 is 10.8. The minimum atomic E-state index is -0.871. The highest BCUT2D eigenvalue weighted by molar-refractivity contribution is 5.89. The number of fused-ring (bicyclic) bond motifs is 1. The Kier molecular flexibility index (Phi) is 4.86. The molecule has 0 saturated carbocycles. The van der Waals surface area contributed by atoms with Crippen LogP contribution in [0.3, 0.4) is 0 Å². The van der Waals surface area contributed by atoms with Crippen LogP contribution in [0.25, 0.3) is 0 Å². The lowest BCUT2D eigenvalue weighted by Crippen LogP contribution is -2.31. The van der Waals surface area contributed by atoms with E-state index in [1.54, 1.807) is 25.1 Å². The molecule has 114 valence electrons. The number of nitrogens with one attached hydrogen (secondary N) is 2. The SMILES string of the molecule is CC(CCNC(=O)Nc1ccc2c(c1)OCCO2)C(=O)O. The molecule has 1 aromatic carbocycles. The van der Waals surface area contributed by atoms with E-state index >= 15 is 0 Å². The van der Waals surface area contributed by atoms with Crippen LogP contribution in [-0.2, 0) is 4.79 Å². The van der Waals surface area contributed by atoms with Crippen LogP contribution < -0.4 is 20.1 Å². The number of ether oxygens (including phenoxy) is 2. The molecule has 0 fully saturated rings. The minimum Gasteiger partial charge on any atom is -0.486 e. The first-order valence-corrected chi connectivity index (χ1v) is 6.73. The molecule has 1 unspecified atom stereocenters. The molecule has 21 heavy (non-hydrogen) atoms. The highest BCUT2D eigenvalue weighted by Gasteiger charge is 2.13. The molecule has 0 saturated heterocycles. The quantitative estimate of drug-likeness (QED) is 0.768. The van der Waals surface area contributed by atoms with Crippen LogP contribution in [0.4, 0.5) is 10.5 Å². The molecule has 0 aliphatic carbocycles. The van der Waals surface area contributed by atoms with Gasteiger partial charge >= 0.3 is 12.0 Å². The second-order valence-corrected chi connectivity index (χ2v) is 4.77. The van der Waals surface area contributed by atoms with Crippen LogP contribution >= 0.6 is 0 Å². The average Bonchev–Trinajstić information content (AvgIpc) is 2.46. The fraction of sp³-hybridized carbons (Fsp3) is 0.429. The number of carbonyl (C=O) groups is 2. The van der Waals surface area contributed by atoms with E-state index < -0.39 is 11.9 Å². The zero-order valence-electron chi connectivity index (χ0n) is 11.7. The van der Waals surface area contributed by atoms with Crippen LogP contribution in [0.2, 0.25) is 0 Å². The lowest BCUT2D eigenvalue weighted by atomic mass is 10.1. The highest BCUT2D eigenvalue weighted by Crippen LogP contribution is 2.32. The van der Waals surface area contributed by atoms with Crippen molar-refractivity contribution in [1.29, 1.82) is 0 Å². The molecule has 1 aliphatic heterocycles. The molecule has 7 heteroatoms. The van der Waals surface area contributed by atoms with Gasteiger partial charge in [-0.2, -0.15) is 0 Å². The fourth-order valence-electron chi connectivity index (χ4n) is 1.82. The van der Waals surface area contributed by atoms with Crippen LogP contribution in [0.5, 0.6) is 11.5 Å². The molecular formula is C14H18N2O5. The standard InChI is InChI=1S/C14H18N2O5/c1-9(13(17)18)4-5-15-14(19)16-10-2-3-11-12(8-10)21-7-6-20-11/h2-3,8-9H,4-7H2,1H3,(H,17,18)(H2,15,16,19). The summed E-state index contributed by atoms with van der Waals surface area (Å²) in [4.78, 5) is 22.3. The molecule has 7 nitrogen and oxygen atoms in total. The van der Waals surface area contributed by atoms with E-state index in [-0.39, 0.29) is 6.03 Å². The monoisotopic (exact) mass is 294 g/mol. The van der Waals surface area contributed by atoms with Crippen LogP contribution in [-0.4, -0.2) is 36.9 Å². The zero-order chi connectivity index (χ0) is 15.2. The van der Waals surface area contributed by atoms with E-state index in [0.29, 0.717) is 43.4 Å². The normalized spacial score (nSPS) is 14.1. The third-order valence-electron chi connectivity index (χ3n) is 3.08. The number of carboxylic acid groups (broad SMARTS) is 1. The Morgan fingerprint density at radius 2 is 2.00 bits per heavy atom. The van der Waals surface area contributed by atoms with Crippen LogP contribution in [0, 0.1) is 5.92 Å². The molecule has 1 atom stereocenters. The second kappa shape index (κ2) is 6.83. The Bertz CT molecular complexity index is 532. The summed E-state index contributed by atoms with van der Waals surface area (Å²) in [6.07, 6.45) is 0.379. The largest absolute Gasteiger partial charge is 0.486 e. The molecule has 1 heterocycles. The average molecular weight is 294 g/mol. The van der Waals surface area contributed by atoms with Gasteiger partial charge in [0.05, 0.1) is 5.92 Å². The van der Waals surface area contributed by atoms with Gasteiger partial charge in [-0.05, 0) is 18.6 Å². The first-order valence-electron chi connectivity index (χ1n) is 6.73. The van der Waals surface area contributed by atoms with Crippen molar-refractivity contribution < 1.29 is 24.2 Å². The summed E-state index contributed by atoms with van der Waals surface area (Å²) in [6.45, 7) is 2.89. The van der Waals surface area contributed by atoms with Crippen molar-refractivity contribution in [2.75, 3.05) is 25.1 Å². The molecule has 0 spiro atoms. The third kappa shape index (κ3) is 4.27. The van der Waals surface area contributed by atoms with Gasteiger partial charge in [0, 0.05) is 18.3 Å². The molecule has 0 bridgehead atoms. The van der Waals surface area contributed by atoms with E-state index in [2.05, 4.69) is 10.6 Å². The van der Waals surface area contributed by atoms with Gasteiger partial charge in [0.15, 0.2) is 11.5 Å². The molecule has 0 radical (unpaired) electrons. The van der Waals surface area contributed by atoms with Crippen molar-refractivity contribution in [1.82, 2.24) is 5.32 Å². The Labute approximate surface area is 122 Å². The smallest absolute Gasteiger partial charge is 0.319 e. The molecule has 0 aromatic heterocycles. The molecule has 2 rings (SSSR count). The molecule has 1 aliphatic rings. The zero-order valence-corrected chi connectivity index (χ0v) is 11.7. The molecule has 2 amide bonds. The molecular weight excluding hydrogens is 276 g/mol. The summed E-state index contributed by atoms with van der Waals surface area (Å²) in [5.74, 6) is -0.107. The Morgan fingerprint density at radius 3 is 2.71 bits per heavy atom. The van der Waals surface area contributed by atoms with E-state index in [1.807, 2.05) is 0 Å². The Hall–Kier alpha value is -2.44. The van der Waals surface area contributed by atoms with Crippen molar-refractivity contribution in [3.8, 4) is 11.5 Å². The van der Waals surface area contributed by atoms with Gasteiger partial charge < -0.3 is 25.2 Å². The van der Waals surface area contributed by atoms with Gasteiger partial charge in [-0.3, -0.25) is 4.79 Å². The van der Waals surface area contributed by atoms with Gasteiger partial charge in [-0.15, -0.1) is 0 Å². The minimum absolute atomic E-state index is 0.295. The van der Waals surface area contributed by atoms with Crippen molar-refractivity contribution in [3.63, 3.8) is 0 Å². The number of benzene rings is 1. The van der Waals surface area contributed by atoms with Gasteiger partial charge in [-0.1, -0.05) is 6.92 Å². The third-order valence-corrected chi connectivity index (χ3v) is 3.08. The number of aliphatic carboxylic acids is 1. The lowest BCUT2D eigenvalue weighted by molar-refractivity contribution is -0.141. The Morgan fingerprint density at radius 1 is 1.29 bits per heavy atom. The summed E-state index contributed by atoms with van der Waals surface area (Å²) >= 11 is 0. The van der Waals surface area contributed by atoms with Gasteiger partial charge in [0.2, 0.25) is 0 Å². The van der Waals surface area contributed by atoms with E-state index in [0.717, 1.165) is 0 Å². The van der Waals surface area contributed by atoms with E-state index in [9.17, 15) is 9.59 Å². The predicted molar refractivity (Wildman–Crippen MR) is 75.9 cm³/mol. The number of carbonyl (C=O) groups excluding carboxylic acids is 1. The topological polar surface area (TPSA) is 96.9 Å². The van der Waals surface area contributed by atoms with Gasteiger partial charge in [0.1, 0.15) is 13.2 Å². The summed E-state index contributed by atoms with van der Waals surface area (Å²) in [7, 11) is 0. The van der Waals surface area contributed by atoms with Crippen LogP contribution in [0.15, 0.2) is 18.2 Å². The number of anilines is 1. The van der Waals surface area contributed by atoms with Gasteiger partial charge in [-0.25, -0.2) is 4.79 Å². The second-order valence-electron chi connectivity index (χ2n) is 4.77. The van der Waals surface area contributed by atoms with Crippen molar-refractivity contribution >= 4 is 17.7 Å². The fourth-order valence-corrected chi connectivity index (χ4v) is 1.82. The maximum Gasteiger partial charge on any atom is 0.319 e. The van der Waals surface area contributed by atoms with E-state index in [1.165, 1.54) is 0 Å². The first-order chi connectivity index (χ1) is 10.1. The maximum atomic E-state index is 11.7. The number of rotatable bonds is 5.